The molecule has 3 heterocycles. The summed E-state index contributed by atoms with van der Waals surface area (Å²) in [6, 6.07) is 6.06. The third-order valence-electron chi connectivity index (χ3n) is 6.30. The minimum absolute atomic E-state index is 0. The number of nitro benzene ring substituents is 2. The van der Waals surface area contributed by atoms with Gasteiger partial charge < -0.3 is 24.1 Å². The Morgan fingerprint density at radius 1 is 0.975 bits per heavy atom. The zero-order valence-electron chi connectivity index (χ0n) is 21.4. The Morgan fingerprint density at radius 2 is 1.57 bits per heavy atom. The number of hydrogen-bond donors (Lipinski definition) is 1. The molecule has 0 unspecified atom stereocenters. The maximum atomic E-state index is 11.9. The molecule has 2 aliphatic heterocycles. The highest BCUT2D eigenvalue weighted by Crippen LogP contribution is 2.37. The first-order chi connectivity index (χ1) is 18.7. The zero-order chi connectivity index (χ0) is 28.3. The number of fused-ring (bicyclic) bond motifs is 4. The molecular formula is C26H29N5O9. The summed E-state index contributed by atoms with van der Waals surface area (Å²) < 4.78 is 16.7. The van der Waals surface area contributed by atoms with Crippen molar-refractivity contribution in [2.24, 2.45) is 0 Å². The molecule has 5 rings (SSSR count). The summed E-state index contributed by atoms with van der Waals surface area (Å²) in [6.07, 6.45) is 3.71. The second-order valence-corrected chi connectivity index (χ2v) is 8.53. The van der Waals surface area contributed by atoms with E-state index in [4.69, 9.17) is 14.2 Å². The summed E-state index contributed by atoms with van der Waals surface area (Å²) in [5.41, 5.74) is 3.63. The van der Waals surface area contributed by atoms with Gasteiger partial charge in [0.25, 0.3) is 0 Å². The van der Waals surface area contributed by atoms with Crippen molar-refractivity contribution in [2.75, 3.05) is 26.1 Å². The van der Waals surface area contributed by atoms with Crippen molar-refractivity contribution in [3.63, 3.8) is 0 Å². The van der Waals surface area contributed by atoms with Gasteiger partial charge in [-0.15, -0.1) is 0 Å². The molecule has 14 heteroatoms. The van der Waals surface area contributed by atoms with Crippen LogP contribution in [0.25, 0.3) is 5.69 Å². The number of amides is 1. The Morgan fingerprint density at radius 3 is 2.17 bits per heavy atom. The monoisotopic (exact) mass is 555 g/mol. The SMILES string of the molecule is C.CCOC(=O)c1ncn2c1CCc1cc(OC)c([N+](=O)[O-])cc1-2.COc1cc2c(cc1[N+](=O)[O-])NC(=O)CC2. The van der Waals surface area contributed by atoms with Gasteiger partial charge in [-0.05, 0) is 49.4 Å². The van der Waals surface area contributed by atoms with Gasteiger partial charge in [0.05, 0.1) is 47.7 Å². The van der Waals surface area contributed by atoms with Gasteiger partial charge in [0.15, 0.2) is 17.2 Å². The van der Waals surface area contributed by atoms with Crippen LogP contribution in [0.1, 0.15) is 48.1 Å². The van der Waals surface area contributed by atoms with Crippen LogP contribution in [0.4, 0.5) is 17.1 Å². The minimum Gasteiger partial charge on any atom is -0.490 e. The second kappa shape index (κ2) is 12.2. The number of hydrogen-bond acceptors (Lipinski definition) is 10. The van der Waals surface area contributed by atoms with Crippen molar-refractivity contribution in [1.82, 2.24) is 9.55 Å². The van der Waals surface area contributed by atoms with E-state index in [0.29, 0.717) is 42.8 Å². The van der Waals surface area contributed by atoms with Crippen molar-refractivity contribution in [3.05, 3.63) is 73.3 Å². The van der Waals surface area contributed by atoms with Crippen LogP contribution >= 0.6 is 0 Å². The van der Waals surface area contributed by atoms with Crippen LogP contribution in [-0.4, -0.2) is 52.1 Å². The van der Waals surface area contributed by atoms with E-state index >= 15 is 0 Å². The van der Waals surface area contributed by atoms with E-state index in [1.165, 1.54) is 32.7 Å². The molecule has 14 nitrogen and oxygen atoms in total. The standard InChI is InChI=1S/C15H15N3O5.C10H10N2O4.CH4/c1-3-23-15(19)14-10-5-4-9-6-13(22-2)12(18(20)21)7-11(9)17(10)8-16-14;1-16-9-4-6-2-3-10(13)11-7(6)5-8(9)12(14)15;/h6-8H,3-5H2,1-2H3;4-5H,2-3H2,1H3,(H,11,13);1H4. The maximum Gasteiger partial charge on any atom is 0.358 e. The number of ether oxygens (including phenoxy) is 3. The molecule has 2 aliphatic rings. The van der Waals surface area contributed by atoms with Gasteiger partial charge in [0, 0.05) is 18.6 Å². The van der Waals surface area contributed by atoms with Gasteiger partial charge in [0.1, 0.15) is 6.33 Å². The lowest BCUT2D eigenvalue weighted by Crippen LogP contribution is -2.19. The van der Waals surface area contributed by atoms with Crippen LogP contribution in [0, 0.1) is 20.2 Å². The number of nitrogens with one attached hydrogen (secondary N) is 1. The lowest BCUT2D eigenvalue weighted by Gasteiger charge is -2.20. The summed E-state index contributed by atoms with van der Waals surface area (Å²) in [4.78, 5) is 48.2. The molecule has 0 atom stereocenters. The number of nitro groups is 2. The van der Waals surface area contributed by atoms with Crippen LogP contribution in [0.15, 0.2) is 30.6 Å². The molecule has 0 aliphatic carbocycles. The first-order valence-corrected chi connectivity index (χ1v) is 11.9. The highest BCUT2D eigenvalue weighted by molar-refractivity contribution is 5.94. The number of nitrogens with zero attached hydrogens (tertiary/aromatic N) is 4. The Bertz CT molecular complexity index is 1480. The average Bonchev–Trinajstić information content (AvgIpc) is 3.36. The van der Waals surface area contributed by atoms with E-state index in [-0.39, 0.29) is 48.5 Å². The smallest absolute Gasteiger partial charge is 0.358 e. The number of methoxy groups -OCH3 is 2. The van der Waals surface area contributed by atoms with Crippen molar-refractivity contribution >= 4 is 28.9 Å². The first kappa shape index (κ1) is 29.5. The molecule has 0 fully saturated rings. The molecule has 1 N–H and O–H groups in total. The highest BCUT2D eigenvalue weighted by Gasteiger charge is 2.28. The Hall–Kier alpha value is -5.01. The van der Waals surface area contributed by atoms with Crippen molar-refractivity contribution < 1.29 is 33.6 Å². The summed E-state index contributed by atoms with van der Waals surface area (Å²) in [5, 5.41) is 24.6. The Kier molecular flexibility index (Phi) is 9.04. The summed E-state index contributed by atoms with van der Waals surface area (Å²) in [7, 11) is 2.79. The van der Waals surface area contributed by atoms with Gasteiger partial charge in [-0.2, -0.15) is 0 Å². The van der Waals surface area contributed by atoms with Crippen LogP contribution in [0.2, 0.25) is 0 Å². The molecule has 0 saturated carbocycles. The Balaban J connectivity index is 0.000000229. The van der Waals surface area contributed by atoms with Crippen molar-refractivity contribution in [2.45, 2.75) is 40.0 Å². The first-order valence-electron chi connectivity index (χ1n) is 11.9. The molecule has 3 aromatic rings. The average molecular weight is 556 g/mol. The number of carbonyl (C=O) groups excluding carboxylic acids is 2. The van der Waals surface area contributed by atoms with Gasteiger partial charge in [-0.1, -0.05) is 7.43 Å². The zero-order valence-corrected chi connectivity index (χ0v) is 21.4. The van der Waals surface area contributed by atoms with Crippen LogP contribution in [0.3, 0.4) is 0 Å². The van der Waals surface area contributed by atoms with Crippen molar-refractivity contribution in [1.29, 1.82) is 0 Å². The number of carbonyl (C=O) groups is 2. The summed E-state index contributed by atoms with van der Waals surface area (Å²) in [5.74, 6) is -0.150. The molecule has 2 aromatic carbocycles. The van der Waals surface area contributed by atoms with Crippen LogP contribution in [0.5, 0.6) is 11.5 Å². The fraction of sp³-hybridized carbons (Fsp3) is 0.346. The number of anilines is 1. The molecule has 1 amide bonds. The van der Waals surface area contributed by atoms with E-state index < -0.39 is 15.8 Å². The number of rotatable bonds is 6. The van der Waals surface area contributed by atoms with E-state index in [1.54, 1.807) is 23.6 Å². The van der Waals surface area contributed by atoms with Crippen molar-refractivity contribution in [3.8, 4) is 17.2 Å². The number of benzene rings is 2. The topological polar surface area (TPSA) is 178 Å². The number of esters is 1. The molecule has 0 bridgehead atoms. The third kappa shape index (κ3) is 5.70. The minimum atomic E-state index is -0.528. The second-order valence-electron chi connectivity index (χ2n) is 8.53. The molecule has 0 saturated heterocycles. The maximum absolute atomic E-state index is 11.9. The molecular weight excluding hydrogens is 526 g/mol. The van der Waals surface area contributed by atoms with Gasteiger partial charge in [-0.25, -0.2) is 9.78 Å². The van der Waals surface area contributed by atoms with E-state index in [0.717, 1.165) is 11.1 Å². The van der Waals surface area contributed by atoms with Gasteiger partial charge >= 0.3 is 17.3 Å². The van der Waals surface area contributed by atoms with Crippen LogP contribution < -0.4 is 14.8 Å². The lowest BCUT2D eigenvalue weighted by atomic mass is 9.99. The van der Waals surface area contributed by atoms with Gasteiger partial charge in [-0.3, -0.25) is 25.0 Å². The molecule has 1 aromatic heterocycles. The molecule has 212 valence electrons. The highest BCUT2D eigenvalue weighted by atomic mass is 16.6. The molecule has 40 heavy (non-hydrogen) atoms. The molecule has 0 spiro atoms. The largest absolute Gasteiger partial charge is 0.490 e. The predicted octanol–water partition coefficient (Wildman–Crippen LogP) is 4.19. The van der Waals surface area contributed by atoms with Crippen LogP contribution in [-0.2, 0) is 28.8 Å². The molecule has 0 radical (unpaired) electrons. The van der Waals surface area contributed by atoms with E-state index in [2.05, 4.69) is 10.3 Å². The summed E-state index contributed by atoms with van der Waals surface area (Å²) >= 11 is 0. The number of imidazole rings is 1. The summed E-state index contributed by atoms with van der Waals surface area (Å²) in [6.45, 7) is 2.00. The van der Waals surface area contributed by atoms with Gasteiger partial charge in [0.2, 0.25) is 5.91 Å². The van der Waals surface area contributed by atoms with E-state index in [9.17, 15) is 29.8 Å². The third-order valence-corrected chi connectivity index (χ3v) is 6.30. The lowest BCUT2D eigenvalue weighted by molar-refractivity contribution is -0.385. The fourth-order valence-corrected chi connectivity index (χ4v) is 4.47. The fourth-order valence-electron chi connectivity index (χ4n) is 4.47. The Labute approximate surface area is 229 Å². The van der Waals surface area contributed by atoms with E-state index in [1.807, 2.05) is 0 Å². The normalized spacial score (nSPS) is 12.6. The quantitative estimate of drug-likeness (QED) is 0.263. The number of aromatic nitrogens is 2. The predicted molar refractivity (Wildman–Crippen MR) is 143 cm³/mol. The number of aryl methyl sites for hydroxylation is 2.